The number of rotatable bonds is 6. The summed E-state index contributed by atoms with van der Waals surface area (Å²) in [5.41, 5.74) is 2.50. The third-order valence-electron chi connectivity index (χ3n) is 4.23. The highest BCUT2D eigenvalue weighted by atomic mass is 16.3. The minimum absolute atomic E-state index is 0.129. The highest BCUT2D eigenvalue weighted by Crippen LogP contribution is 2.20. The fraction of sp³-hybridized carbons (Fsp3) is 0.421. The number of aromatic hydroxyl groups is 1. The predicted octanol–water partition coefficient (Wildman–Crippen LogP) is 3.29. The summed E-state index contributed by atoms with van der Waals surface area (Å²) in [6, 6.07) is 12.1. The summed E-state index contributed by atoms with van der Waals surface area (Å²) < 4.78 is 2.01. The summed E-state index contributed by atoms with van der Waals surface area (Å²) in [4.78, 5) is 14.2. The fourth-order valence-corrected chi connectivity index (χ4v) is 2.85. The van der Waals surface area contributed by atoms with Gasteiger partial charge in [0.1, 0.15) is 0 Å². The Bertz CT molecular complexity index is 705. The van der Waals surface area contributed by atoms with Crippen molar-refractivity contribution in [2.75, 3.05) is 0 Å². The summed E-state index contributed by atoms with van der Waals surface area (Å²) >= 11 is 0. The molecule has 0 aliphatic rings. The summed E-state index contributed by atoms with van der Waals surface area (Å²) in [6.07, 6.45) is 0. The molecule has 0 radical (unpaired) electrons. The van der Waals surface area contributed by atoms with Gasteiger partial charge in [-0.1, -0.05) is 30.3 Å². The Morgan fingerprint density at radius 3 is 2.39 bits per heavy atom. The van der Waals surface area contributed by atoms with Gasteiger partial charge in [-0.2, -0.15) is 0 Å². The summed E-state index contributed by atoms with van der Waals surface area (Å²) in [5.74, 6) is -0.129. The zero-order valence-electron chi connectivity index (χ0n) is 14.4. The maximum Gasteiger partial charge on any atom is 0.223 e. The van der Waals surface area contributed by atoms with Crippen LogP contribution in [0.2, 0.25) is 0 Å². The van der Waals surface area contributed by atoms with E-state index in [0.717, 1.165) is 18.8 Å². The van der Waals surface area contributed by atoms with Crippen molar-refractivity contribution >= 4 is 0 Å². The average molecular weight is 314 g/mol. The Morgan fingerprint density at radius 1 is 1.17 bits per heavy atom. The Labute approximate surface area is 138 Å². The number of aryl methyl sites for hydroxylation is 1. The van der Waals surface area contributed by atoms with Crippen molar-refractivity contribution in [2.45, 2.75) is 53.4 Å². The van der Waals surface area contributed by atoms with Gasteiger partial charge in [-0.3, -0.25) is 9.69 Å². The SMILES string of the molecule is CCn1c(C)cc(=O)c(O)c1CN(Cc1ccccc1)C(C)C. The van der Waals surface area contributed by atoms with Crippen LogP contribution in [0.4, 0.5) is 0 Å². The zero-order valence-corrected chi connectivity index (χ0v) is 14.4. The summed E-state index contributed by atoms with van der Waals surface area (Å²) in [7, 11) is 0. The molecule has 0 bridgehead atoms. The lowest BCUT2D eigenvalue weighted by atomic mass is 10.1. The standard InChI is InChI=1S/C19H26N2O2/c1-5-21-15(4)11-18(22)19(23)17(21)13-20(14(2)3)12-16-9-7-6-8-10-16/h6-11,14,23H,5,12-13H2,1-4H3. The van der Waals surface area contributed by atoms with Crippen molar-refractivity contribution in [1.29, 1.82) is 0 Å². The summed E-state index contributed by atoms with van der Waals surface area (Å²) in [5, 5.41) is 10.3. The fourth-order valence-electron chi connectivity index (χ4n) is 2.85. The largest absolute Gasteiger partial charge is 0.503 e. The molecule has 2 rings (SSSR count). The van der Waals surface area contributed by atoms with E-state index in [4.69, 9.17) is 0 Å². The van der Waals surface area contributed by atoms with Crippen LogP contribution in [-0.4, -0.2) is 20.6 Å². The molecule has 4 nitrogen and oxygen atoms in total. The average Bonchev–Trinajstić information content (AvgIpc) is 2.52. The third-order valence-corrected chi connectivity index (χ3v) is 4.23. The van der Waals surface area contributed by atoms with Crippen LogP contribution in [0.25, 0.3) is 0 Å². The first-order chi connectivity index (χ1) is 10.9. The van der Waals surface area contributed by atoms with E-state index >= 15 is 0 Å². The minimum Gasteiger partial charge on any atom is -0.503 e. The van der Waals surface area contributed by atoms with E-state index in [1.54, 1.807) is 0 Å². The first-order valence-electron chi connectivity index (χ1n) is 8.14. The number of benzene rings is 1. The molecule has 0 fully saturated rings. The van der Waals surface area contributed by atoms with E-state index in [1.807, 2.05) is 36.6 Å². The lowest BCUT2D eigenvalue weighted by molar-refractivity contribution is 0.195. The highest BCUT2D eigenvalue weighted by molar-refractivity contribution is 5.30. The van der Waals surface area contributed by atoms with Crippen molar-refractivity contribution in [3.63, 3.8) is 0 Å². The van der Waals surface area contributed by atoms with Gasteiger partial charge < -0.3 is 9.67 Å². The van der Waals surface area contributed by atoms with Gasteiger partial charge in [0.15, 0.2) is 5.75 Å². The molecule has 1 aromatic carbocycles. The van der Waals surface area contributed by atoms with E-state index in [0.29, 0.717) is 18.3 Å². The Hall–Kier alpha value is -2.07. The van der Waals surface area contributed by atoms with Gasteiger partial charge in [-0.15, -0.1) is 0 Å². The maximum atomic E-state index is 12.0. The smallest absolute Gasteiger partial charge is 0.223 e. The van der Waals surface area contributed by atoms with Gasteiger partial charge in [0.25, 0.3) is 0 Å². The molecule has 23 heavy (non-hydrogen) atoms. The van der Waals surface area contributed by atoms with Crippen LogP contribution in [0.3, 0.4) is 0 Å². The first kappa shape index (κ1) is 17.3. The molecule has 0 aliphatic heterocycles. The molecule has 2 aromatic rings. The molecule has 1 heterocycles. The Morgan fingerprint density at radius 2 is 1.83 bits per heavy atom. The topological polar surface area (TPSA) is 45.5 Å². The van der Waals surface area contributed by atoms with Gasteiger partial charge in [-0.25, -0.2) is 0 Å². The van der Waals surface area contributed by atoms with Crippen LogP contribution in [0, 0.1) is 6.92 Å². The van der Waals surface area contributed by atoms with Crippen molar-refractivity contribution < 1.29 is 5.11 Å². The van der Waals surface area contributed by atoms with E-state index in [9.17, 15) is 9.90 Å². The molecule has 124 valence electrons. The quantitative estimate of drug-likeness (QED) is 0.890. The molecule has 0 saturated carbocycles. The number of nitrogens with zero attached hydrogens (tertiary/aromatic N) is 2. The van der Waals surface area contributed by atoms with Gasteiger partial charge in [0.2, 0.25) is 5.43 Å². The van der Waals surface area contributed by atoms with Gasteiger partial charge in [0, 0.05) is 37.4 Å². The van der Waals surface area contributed by atoms with Crippen LogP contribution >= 0.6 is 0 Å². The van der Waals surface area contributed by atoms with E-state index in [2.05, 4.69) is 30.9 Å². The minimum atomic E-state index is -0.300. The van der Waals surface area contributed by atoms with Crippen molar-refractivity contribution in [3.8, 4) is 5.75 Å². The van der Waals surface area contributed by atoms with Gasteiger partial charge in [-0.05, 0) is 33.3 Å². The van der Waals surface area contributed by atoms with Crippen molar-refractivity contribution in [3.05, 3.63) is 63.6 Å². The molecular weight excluding hydrogens is 288 g/mol. The summed E-state index contributed by atoms with van der Waals surface area (Å²) in [6.45, 7) is 10.2. The lowest BCUT2D eigenvalue weighted by Crippen LogP contribution is -2.32. The second kappa shape index (κ2) is 7.47. The molecule has 1 N–H and O–H groups in total. The normalized spacial score (nSPS) is 11.4. The van der Waals surface area contributed by atoms with Gasteiger partial charge >= 0.3 is 0 Å². The van der Waals surface area contributed by atoms with E-state index < -0.39 is 0 Å². The monoisotopic (exact) mass is 314 g/mol. The molecule has 0 unspecified atom stereocenters. The van der Waals surface area contributed by atoms with Crippen LogP contribution in [0.5, 0.6) is 5.75 Å². The third kappa shape index (κ3) is 4.02. The van der Waals surface area contributed by atoms with Crippen molar-refractivity contribution in [1.82, 2.24) is 9.47 Å². The number of pyridine rings is 1. The molecule has 0 amide bonds. The Balaban J connectivity index is 2.36. The maximum absolute atomic E-state index is 12.0. The highest BCUT2D eigenvalue weighted by Gasteiger charge is 2.18. The predicted molar refractivity (Wildman–Crippen MR) is 93.6 cm³/mol. The second-order valence-corrected chi connectivity index (χ2v) is 6.17. The van der Waals surface area contributed by atoms with E-state index in [-0.39, 0.29) is 11.2 Å². The molecule has 0 aliphatic carbocycles. The molecule has 4 heteroatoms. The number of hydrogen-bond donors (Lipinski definition) is 1. The lowest BCUT2D eigenvalue weighted by Gasteiger charge is -2.28. The Kier molecular flexibility index (Phi) is 5.61. The number of aromatic nitrogens is 1. The first-order valence-corrected chi connectivity index (χ1v) is 8.14. The van der Waals surface area contributed by atoms with Crippen molar-refractivity contribution in [2.24, 2.45) is 0 Å². The van der Waals surface area contributed by atoms with Crippen LogP contribution in [-0.2, 0) is 19.6 Å². The van der Waals surface area contributed by atoms with Gasteiger partial charge in [0.05, 0.1) is 5.69 Å². The number of hydrogen-bond acceptors (Lipinski definition) is 3. The molecule has 0 atom stereocenters. The molecule has 1 aromatic heterocycles. The van der Waals surface area contributed by atoms with Crippen LogP contribution in [0.1, 0.15) is 37.7 Å². The van der Waals surface area contributed by atoms with Crippen LogP contribution < -0.4 is 5.43 Å². The molecule has 0 spiro atoms. The zero-order chi connectivity index (χ0) is 17.0. The van der Waals surface area contributed by atoms with Crippen LogP contribution in [0.15, 0.2) is 41.2 Å². The molecule has 0 saturated heterocycles. The second-order valence-electron chi connectivity index (χ2n) is 6.17. The molecular formula is C19H26N2O2. The van der Waals surface area contributed by atoms with E-state index in [1.165, 1.54) is 11.6 Å².